The molecule has 41 heteroatoms. The molecule has 0 aliphatic carbocycles. The first-order chi connectivity index (χ1) is 50.0. The van der Waals surface area contributed by atoms with E-state index in [1.807, 2.05) is 5.32 Å². The van der Waals surface area contributed by atoms with E-state index in [4.69, 9.17) is 19.9 Å². The van der Waals surface area contributed by atoms with Gasteiger partial charge in [0, 0.05) is 37.6 Å². The molecule has 3 aliphatic rings. The SMILES string of the molecule is CC(C)C[C@H](NC(=O)[C@@H]1CCCN1C(=O)[C@H](CC(=O)N[C@@H]1O[C@H](CO)[C@@H](O[C@@H]2O[C@H](CO)[C@H](O)[C@H](O)[C@H]2O)[C@H](O)[C@H]1O)NC(=O)[C@H](Cc1ccccc1)NC(=O)c1ccccc1N)C(=O)N[C@@H](CC(=O)O)C(=O)N[C@@H](CCC(=O)O)C(=O)N[C@@H](Cc1ccc(O)c([N+](=O)[O-])c1)C(=O)N[C@@H](CC(=O)O)C(=O)O. The zero-order valence-corrected chi connectivity index (χ0v) is 56.8. The first kappa shape index (κ1) is 84.3. The van der Waals surface area contributed by atoms with Crippen LogP contribution in [0.15, 0.2) is 72.8 Å². The van der Waals surface area contributed by atoms with Gasteiger partial charge in [0.2, 0.25) is 47.3 Å². The number of carboxylic acids is 4. The zero-order chi connectivity index (χ0) is 78.5. The number of amides is 9. The third-order valence-corrected chi connectivity index (χ3v) is 17.2. The molecule has 580 valence electrons. The number of aromatic hydroxyl groups is 1. The molecule has 0 aromatic heterocycles. The largest absolute Gasteiger partial charge is 0.502 e. The van der Waals surface area contributed by atoms with E-state index in [1.165, 1.54) is 24.3 Å². The van der Waals surface area contributed by atoms with E-state index in [0.717, 1.165) is 23.1 Å². The van der Waals surface area contributed by atoms with Crippen LogP contribution in [0.1, 0.15) is 86.7 Å². The topological polar surface area (TPSA) is 661 Å². The number of phenols is 1. The number of rotatable bonds is 37. The summed E-state index contributed by atoms with van der Waals surface area (Å²) in [5.41, 5.74) is 5.43. The third kappa shape index (κ3) is 23.4. The van der Waals surface area contributed by atoms with Crippen molar-refractivity contribution < 1.29 is 143 Å². The quantitative estimate of drug-likeness (QED) is 0.0145. The summed E-state index contributed by atoms with van der Waals surface area (Å²) < 4.78 is 16.7. The van der Waals surface area contributed by atoms with Crippen LogP contribution in [0.3, 0.4) is 0 Å². The number of benzene rings is 3. The number of para-hydroxylation sites is 1. The second-order valence-corrected chi connectivity index (χ2v) is 25.6. The van der Waals surface area contributed by atoms with E-state index >= 15 is 4.79 Å². The van der Waals surface area contributed by atoms with Gasteiger partial charge in [-0.15, -0.1) is 0 Å². The second kappa shape index (κ2) is 38.9. The number of nitrogens with two attached hydrogens (primary N) is 1. The maximum atomic E-state index is 15.2. The van der Waals surface area contributed by atoms with Gasteiger partial charge >= 0.3 is 29.6 Å². The number of carbonyl (C=O) groups is 13. The van der Waals surface area contributed by atoms with E-state index in [2.05, 4.69) is 37.2 Å². The standard InChI is InChI=1S/C65H85N11O30/c1-28(2)19-34(57(94)70-37(24-47(83)84)60(97)67-33(15-17-46(81)82)56(93)69-36(59(96)73-39(64(100)101)25-48(85)86)21-30-14-16-42(79)41(22-30)76(102)103)71-61(98)40-13-8-18-75(40)63(99)38(72-58(95)35(20-29-9-4-3-5-10-29)68-55(92)31-11-6-7-12-32(31)66)23-45(80)74-62-52(90)51(89)54(44(27-78)104-62)106-65-53(91)50(88)49(87)43(26-77)105-65/h3-7,9-12,14,16,22,28,33-40,43-44,49-54,62,65,77-79,87-91H,8,13,15,17-21,23-27,66H2,1-2H3,(H,67,97)(H,68,92)(H,69,93)(H,70,94)(H,71,98)(H,72,95)(H,73,96)(H,74,80)(H,81,82)(H,83,84)(H,85,86)(H,100,101)/t33-,34-,35-,36-,37-,38-,39-,40-,43+,44+,49-,50-,51+,52+,53+,54+,62+,65-/m0/s1. The molecule has 41 nitrogen and oxygen atoms in total. The van der Waals surface area contributed by atoms with Gasteiger partial charge < -0.3 is 129 Å². The third-order valence-electron chi connectivity index (χ3n) is 17.2. The number of aliphatic hydroxyl groups is 7. The van der Waals surface area contributed by atoms with Gasteiger partial charge in [0.05, 0.1) is 43.0 Å². The average molecular weight is 1500 g/mol. The van der Waals surface area contributed by atoms with Crippen LogP contribution in [0.5, 0.6) is 5.75 Å². The molecule has 0 bridgehead atoms. The number of carboxylic acid groups (broad SMARTS) is 4. The van der Waals surface area contributed by atoms with Crippen molar-refractivity contribution in [2.75, 3.05) is 25.5 Å². The van der Waals surface area contributed by atoms with Crippen LogP contribution in [0, 0.1) is 16.0 Å². The Hall–Kier alpha value is -10.6. The van der Waals surface area contributed by atoms with Gasteiger partial charge in [-0.05, 0) is 60.9 Å². The molecule has 3 aliphatic heterocycles. The number of anilines is 1. The fraction of sp³-hybridized carbons (Fsp3) is 0.523. The first-order valence-electron chi connectivity index (χ1n) is 33.1. The van der Waals surface area contributed by atoms with Crippen molar-refractivity contribution in [2.45, 2.75) is 188 Å². The van der Waals surface area contributed by atoms with Crippen LogP contribution in [-0.2, 0) is 84.6 Å². The van der Waals surface area contributed by atoms with Crippen molar-refractivity contribution in [1.29, 1.82) is 0 Å². The highest BCUT2D eigenvalue weighted by Crippen LogP contribution is 2.31. The summed E-state index contributed by atoms with van der Waals surface area (Å²) in [4.78, 5) is 189. The van der Waals surface area contributed by atoms with Crippen LogP contribution in [0.25, 0.3) is 0 Å². The Balaban J connectivity index is 1.26. The molecule has 9 amide bonds. The lowest BCUT2D eigenvalue weighted by Crippen LogP contribution is -2.66. The molecule has 3 heterocycles. The molecular weight excluding hydrogens is 1410 g/mol. The Morgan fingerprint density at radius 1 is 0.604 bits per heavy atom. The minimum atomic E-state index is -2.20. The molecule has 3 saturated heterocycles. The molecule has 0 unspecified atom stereocenters. The van der Waals surface area contributed by atoms with Gasteiger partial charge in [-0.3, -0.25) is 67.6 Å². The van der Waals surface area contributed by atoms with Crippen LogP contribution in [-0.4, -0.2) is 278 Å². The van der Waals surface area contributed by atoms with Crippen molar-refractivity contribution >= 4 is 88.4 Å². The average Bonchev–Trinajstić information content (AvgIpc) is 1.11. The lowest BCUT2D eigenvalue weighted by Gasteiger charge is -2.46. The fourth-order valence-electron chi connectivity index (χ4n) is 11.7. The fourth-order valence-corrected chi connectivity index (χ4v) is 11.7. The summed E-state index contributed by atoms with van der Waals surface area (Å²) >= 11 is 0. The van der Waals surface area contributed by atoms with Gasteiger partial charge in [-0.2, -0.15) is 0 Å². The normalized spacial score (nSPS) is 23.3. The van der Waals surface area contributed by atoms with Gasteiger partial charge in [0.25, 0.3) is 5.91 Å². The zero-order valence-electron chi connectivity index (χ0n) is 56.8. The summed E-state index contributed by atoms with van der Waals surface area (Å²) in [6.45, 7) is 0.942. The Morgan fingerprint density at radius 2 is 1.16 bits per heavy atom. The van der Waals surface area contributed by atoms with Gasteiger partial charge in [0.15, 0.2) is 18.3 Å². The number of aliphatic carboxylic acids is 4. The lowest BCUT2D eigenvalue weighted by atomic mass is 9.96. The number of phenolic OH excluding ortho intramolecular Hbond substituents is 1. The second-order valence-electron chi connectivity index (χ2n) is 25.6. The number of ether oxygens (including phenoxy) is 3. The summed E-state index contributed by atoms with van der Waals surface area (Å²) in [5.74, 6) is -19.4. The van der Waals surface area contributed by atoms with Gasteiger partial charge in [0.1, 0.15) is 97.2 Å². The number of likely N-dealkylation sites (tertiary alicyclic amines) is 1. The molecule has 18 atom stereocenters. The van der Waals surface area contributed by atoms with E-state index in [9.17, 15) is 129 Å². The van der Waals surface area contributed by atoms with Crippen LogP contribution >= 0.6 is 0 Å². The predicted molar refractivity (Wildman–Crippen MR) is 355 cm³/mol. The number of hydrogen-bond donors (Lipinski definition) is 21. The molecule has 0 radical (unpaired) electrons. The highest BCUT2D eigenvalue weighted by molar-refractivity contribution is 6.03. The number of hydrogen-bond acceptors (Lipinski definition) is 27. The Bertz CT molecular complexity index is 3680. The van der Waals surface area contributed by atoms with E-state index in [1.54, 1.807) is 44.2 Å². The minimum absolute atomic E-state index is 0.00818. The molecular formula is C65H85N11O30. The van der Waals surface area contributed by atoms with Crippen molar-refractivity contribution in [3.05, 3.63) is 99.6 Å². The van der Waals surface area contributed by atoms with E-state index < -0.39 is 261 Å². The number of nitrogen functional groups attached to an aromatic ring is 1. The summed E-state index contributed by atoms with van der Waals surface area (Å²) in [6, 6.07) is 1.18. The van der Waals surface area contributed by atoms with Gasteiger partial charge in [-0.1, -0.05) is 62.4 Å². The van der Waals surface area contributed by atoms with Crippen LogP contribution < -0.4 is 48.3 Å². The Morgan fingerprint density at radius 3 is 1.76 bits per heavy atom. The number of nitrogens with zero attached hydrogens (tertiary/aromatic N) is 2. The first-order valence-corrected chi connectivity index (χ1v) is 33.1. The molecule has 6 rings (SSSR count). The highest BCUT2D eigenvalue weighted by Gasteiger charge is 2.51. The number of nitro groups is 1. The van der Waals surface area contributed by atoms with Crippen LogP contribution in [0.4, 0.5) is 11.4 Å². The molecule has 3 fully saturated rings. The lowest BCUT2D eigenvalue weighted by molar-refractivity contribution is -0.385. The summed E-state index contributed by atoms with van der Waals surface area (Å²) in [5, 5.41) is 153. The monoisotopic (exact) mass is 1500 g/mol. The summed E-state index contributed by atoms with van der Waals surface area (Å²) in [6.07, 6.45) is -26.0. The molecule has 3 aromatic carbocycles. The van der Waals surface area contributed by atoms with Crippen molar-refractivity contribution in [3.8, 4) is 5.75 Å². The minimum Gasteiger partial charge on any atom is -0.502 e. The molecule has 0 spiro atoms. The Kier molecular flexibility index (Phi) is 31.0. The van der Waals surface area contributed by atoms with E-state index in [0.29, 0.717) is 5.56 Å². The van der Waals surface area contributed by atoms with Crippen molar-refractivity contribution in [2.24, 2.45) is 5.92 Å². The number of aliphatic hydroxyl groups excluding tert-OH is 7. The maximum absolute atomic E-state index is 15.2. The highest BCUT2D eigenvalue weighted by atomic mass is 16.7. The molecule has 0 saturated carbocycles. The van der Waals surface area contributed by atoms with Gasteiger partial charge in [-0.25, -0.2) is 4.79 Å². The maximum Gasteiger partial charge on any atom is 0.326 e. The molecule has 22 N–H and O–H groups in total. The molecule has 3 aromatic rings. The van der Waals surface area contributed by atoms with Crippen LogP contribution in [0.2, 0.25) is 0 Å². The Labute approximate surface area is 601 Å². The number of carbonyl (C=O) groups excluding carboxylic acids is 9. The summed E-state index contributed by atoms with van der Waals surface area (Å²) in [7, 11) is 0. The molecule has 106 heavy (non-hydrogen) atoms. The van der Waals surface area contributed by atoms with Crippen molar-refractivity contribution in [1.82, 2.24) is 47.4 Å². The smallest absolute Gasteiger partial charge is 0.326 e. The van der Waals surface area contributed by atoms with Crippen molar-refractivity contribution in [3.63, 3.8) is 0 Å². The number of nitro benzene ring substituents is 1. The number of nitrogens with one attached hydrogen (secondary N) is 8. The van der Waals surface area contributed by atoms with E-state index in [-0.39, 0.29) is 49.0 Å². The predicted octanol–water partition coefficient (Wildman–Crippen LogP) is -6.56.